The monoisotopic (exact) mass is 280 g/mol. The van der Waals surface area contributed by atoms with Gasteiger partial charge in [-0.15, -0.1) is 0 Å². The van der Waals surface area contributed by atoms with Gasteiger partial charge in [0.1, 0.15) is 0 Å². The van der Waals surface area contributed by atoms with Crippen LogP contribution < -0.4 is 11.3 Å². The van der Waals surface area contributed by atoms with Crippen LogP contribution in [0, 0.1) is 0 Å². The Balaban J connectivity index is 2.35. The zero-order valence-electron chi connectivity index (χ0n) is 12.9. The third-order valence-corrected chi connectivity index (χ3v) is 3.41. The van der Waals surface area contributed by atoms with Gasteiger partial charge < -0.3 is 9.47 Å². The summed E-state index contributed by atoms with van der Waals surface area (Å²) in [5.74, 6) is 6.18. The average molecular weight is 280 g/mol. The maximum atomic E-state index is 5.61. The fourth-order valence-corrected chi connectivity index (χ4v) is 2.04. The van der Waals surface area contributed by atoms with Crippen molar-refractivity contribution in [3.05, 3.63) is 35.4 Å². The lowest BCUT2D eigenvalue weighted by Crippen LogP contribution is -2.37. The predicted molar refractivity (Wildman–Crippen MR) is 82.7 cm³/mol. The zero-order valence-corrected chi connectivity index (χ0v) is 12.9. The van der Waals surface area contributed by atoms with Crippen LogP contribution in [0.4, 0.5) is 0 Å². The summed E-state index contributed by atoms with van der Waals surface area (Å²) in [6, 6.07) is 9.00. The number of hydrogen-bond donors (Lipinski definition) is 2. The molecule has 4 nitrogen and oxygen atoms in total. The minimum atomic E-state index is 0.238. The summed E-state index contributed by atoms with van der Waals surface area (Å²) in [6.45, 7) is 6.38. The SMILES string of the molecule is COCCOCCC(Cc1ccc(C(C)C)cc1)NN. The van der Waals surface area contributed by atoms with Gasteiger partial charge in [0, 0.05) is 19.8 Å². The van der Waals surface area contributed by atoms with Crippen molar-refractivity contribution >= 4 is 0 Å². The average Bonchev–Trinajstić information content (AvgIpc) is 2.46. The number of nitrogens with two attached hydrogens (primary N) is 1. The van der Waals surface area contributed by atoms with Gasteiger partial charge in [-0.05, 0) is 29.9 Å². The third kappa shape index (κ3) is 6.48. The van der Waals surface area contributed by atoms with Crippen molar-refractivity contribution in [3.63, 3.8) is 0 Å². The molecule has 0 saturated heterocycles. The van der Waals surface area contributed by atoms with Gasteiger partial charge in [0.25, 0.3) is 0 Å². The van der Waals surface area contributed by atoms with Gasteiger partial charge in [0.05, 0.1) is 13.2 Å². The molecule has 20 heavy (non-hydrogen) atoms. The van der Waals surface area contributed by atoms with Crippen LogP contribution >= 0.6 is 0 Å². The molecule has 0 heterocycles. The minimum absolute atomic E-state index is 0.238. The molecule has 1 rings (SSSR count). The van der Waals surface area contributed by atoms with Gasteiger partial charge in [-0.25, -0.2) is 0 Å². The Kier molecular flexibility index (Phi) is 8.46. The summed E-state index contributed by atoms with van der Waals surface area (Å²) < 4.78 is 10.4. The van der Waals surface area contributed by atoms with E-state index in [0.717, 1.165) is 12.8 Å². The fourth-order valence-electron chi connectivity index (χ4n) is 2.04. The molecule has 4 heteroatoms. The quantitative estimate of drug-likeness (QED) is 0.392. The molecule has 0 fully saturated rings. The Morgan fingerprint density at radius 1 is 1.10 bits per heavy atom. The number of hydrogen-bond acceptors (Lipinski definition) is 4. The van der Waals surface area contributed by atoms with Crippen LogP contribution in [0.15, 0.2) is 24.3 Å². The molecule has 0 spiro atoms. The Morgan fingerprint density at radius 2 is 1.80 bits per heavy atom. The number of nitrogens with one attached hydrogen (secondary N) is 1. The topological polar surface area (TPSA) is 56.5 Å². The predicted octanol–water partition coefficient (Wildman–Crippen LogP) is 2.24. The molecule has 1 aromatic carbocycles. The van der Waals surface area contributed by atoms with Gasteiger partial charge in [-0.1, -0.05) is 38.1 Å². The molecular formula is C16H28N2O2. The van der Waals surface area contributed by atoms with Crippen molar-refractivity contribution < 1.29 is 9.47 Å². The molecule has 0 aliphatic rings. The van der Waals surface area contributed by atoms with Gasteiger partial charge in [0.2, 0.25) is 0 Å². The van der Waals surface area contributed by atoms with Crippen molar-refractivity contribution in [2.24, 2.45) is 5.84 Å². The summed E-state index contributed by atoms with van der Waals surface area (Å²) in [7, 11) is 1.68. The maximum absolute atomic E-state index is 5.61. The molecule has 1 aromatic rings. The van der Waals surface area contributed by atoms with Crippen LogP contribution in [0.3, 0.4) is 0 Å². The van der Waals surface area contributed by atoms with Crippen LogP contribution in [-0.2, 0) is 15.9 Å². The normalized spacial score (nSPS) is 12.8. The van der Waals surface area contributed by atoms with E-state index in [1.807, 2.05) is 0 Å². The number of ether oxygens (including phenoxy) is 2. The largest absolute Gasteiger partial charge is 0.382 e. The van der Waals surface area contributed by atoms with E-state index in [1.54, 1.807) is 7.11 Å². The first-order chi connectivity index (χ1) is 9.67. The van der Waals surface area contributed by atoms with Crippen molar-refractivity contribution in [1.29, 1.82) is 0 Å². The summed E-state index contributed by atoms with van der Waals surface area (Å²) in [4.78, 5) is 0. The smallest absolute Gasteiger partial charge is 0.0700 e. The molecule has 1 atom stereocenters. The van der Waals surface area contributed by atoms with Crippen molar-refractivity contribution in [2.45, 2.75) is 38.6 Å². The first-order valence-electron chi connectivity index (χ1n) is 7.29. The number of benzene rings is 1. The number of hydrazine groups is 1. The van der Waals surface area contributed by atoms with Crippen LogP contribution in [0.5, 0.6) is 0 Å². The molecule has 114 valence electrons. The Bertz CT molecular complexity index is 352. The van der Waals surface area contributed by atoms with E-state index >= 15 is 0 Å². The van der Waals surface area contributed by atoms with Gasteiger partial charge >= 0.3 is 0 Å². The molecule has 0 radical (unpaired) electrons. The van der Waals surface area contributed by atoms with E-state index in [4.69, 9.17) is 15.3 Å². The molecule has 0 aliphatic carbocycles. The molecule has 0 aliphatic heterocycles. The maximum Gasteiger partial charge on any atom is 0.0700 e. The highest BCUT2D eigenvalue weighted by molar-refractivity contribution is 5.25. The standard InChI is InChI=1S/C16H28N2O2/c1-13(2)15-6-4-14(5-7-15)12-16(18-17)8-9-20-11-10-19-3/h4-7,13,16,18H,8-12,17H2,1-3H3. The lowest BCUT2D eigenvalue weighted by Gasteiger charge is -2.16. The summed E-state index contributed by atoms with van der Waals surface area (Å²) in [6.07, 6.45) is 1.81. The highest BCUT2D eigenvalue weighted by Crippen LogP contribution is 2.15. The van der Waals surface area contributed by atoms with E-state index in [1.165, 1.54) is 11.1 Å². The van der Waals surface area contributed by atoms with Crippen LogP contribution in [0.1, 0.15) is 37.3 Å². The highest BCUT2D eigenvalue weighted by atomic mass is 16.5. The molecule has 1 unspecified atom stereocenters. The summed E-state index contributed by atoms with van der Waals surface area (Å²) in [5, 5.41) is 0. The van der Waals surface area contributed by atoms with Crippen molar-refractivity contribution in [1.82, 2.24) is 5.43 Å². The van der Waals surface area contributed by atoms with E-state index in [-0.39, 0.29) is 6.04 Å². The van der Waals surface area contributed by atoms with Gasteiger partial charge in [0.15, 0.2) is 0 Å². The molecule has 0 amide bonds. The zero-order chi connectivity index (χ0) is 14.8. The number of methoxy groups -OCH3 is 1. The van der Waals surface area contributed by atoms with E-state index in [2.05, 4.69) is 43.5 Å². The highest BCUT2D eigenvalue weighted by Gasteiger charge is 2.08. The second-order valence-electron chi connectivity index (χ2n) is 5.36. The minimum Gasteiger partial charge on any atom is -0.382 e. The lowest BCUT2D eigenvalue weighted by molar-refractivity contribution is 0.0658. The van der Waals surface area contributed by atoms with Crippen molar-refractivity contribution in [2.75, 3.05) is 26.9 Å². The van der Waals surface area contributed by atoms with Crippen LogP contribution in [-0.4, -0.2) is 33.0 Å². The summed E-state index contributed by atoms with van der Waals surface area (Å²) >= 11 is 0. The Labute approximate surface area is 122 Å². The molecule has 3 N–H and O–H groups in total. The second-order valence-corrected chi connectivity index (χ2v) is 5.36. The van der Waals surface area contributed by atoms with Crippen LogP contribution in [0.2, 0.25) is 0 Å². The van der Waals surface area contributed by atoms with E-state index in [0.29, 0.717) is 25.7 Å². The Hall–Kier alpha value is -0.940. The van der Waals surface area contributed by atoms with E-state index < -0.39 is 0 Å². The second kappa shape index (κ2) is 9.88. The van der Waals surface area contributed by atoms with Gasteiger partial charge in [-0.2, -0.15) is 0 Å². The van der Waals surface area contributed by atoms with Crippen molar-refractivity contribution in [3.8, 4) is 0 Å². The summed E-state index contributed by atoms with van der Waals surface area (Å²) in [5.41, 5.74) is 5.54. The molecule has 0 bridgehead atoms. The fraction of sp³-hybridized carbons (Fsp3) is 0.625. The molecular weight excluding hydrogens is 252 g/mol. The van der Waals surface area contributed by atoms with E-state index in [9.17, 15) is 0 Å². The lowest BCUT2D eigenvalue weighted by atomic mass is 9.98. The first kappa shape index (κ1) is 17.1. The number of rotatable bonds is 10. The third-order valence-electron chi connectivity index (χ3n) is 3.41. The van der Waals surface area contributed by atoms with Crippen LogP contribution in [0.25, 0.3) is 0 Å². The molecule has 0 aromatic heterocycles. The molecule has 0 saturated carbocycles. The Morgan fingerprint density at radius 3 is 2.35 bits per heavy atom. The first-order valence-corrected chi connectivity index (χ1v) is 7.29. The van der Waals surface area contributed by atoms with Gasteiger partial charge in [-0.3, -0.25) is 11.3 Å².